The van der Waals surface area contributed by atoms with Gasteiger partial charge in [-0.2, -0.15) is 5.26 Å². The molecule has 19 heavy (non-hydrogen) atoms. The topological polar surface area (TPSA) is 35.8 Å². The summed E-state index contributed by atoms with van der Waals surface area (Å²) < 4.78 is 13.1. The summed E-state index contributed by atoms with van der Waals surface area (Å²) >= 11 is 0. The molecule has 0 spiro atoms. The number of nitrogens with zero attached hydrogens (tertiary/aromatic N) is 1. The molecule has 1 N–H and O–H groups in total. The van der Waals surface area contributed by atoms with Crippen molar-refractivity contribution >= 4 is 11.4 Å². The molecule has 0 saturated carbocycles. The van der Waals surface area contributed by atoms with Crippen LogP contribution < -0.4 is 5.32 Å². The molecule has 0 aliphatic heterocycles. The van der Waals surface area contributed by atoms with E-state index >= 15 is 0 Å². The summed E-state index contributed by atoms with van der Waals surface area (Å²) in [5.41, 5.74) is 4.21. The summed E-state index contributed by atoms with van der Waals surface area (Å²) in [6, 6.07) is 12.3. The molecule has 96 valence electrons. The van der Waals surface area contributed by atoms with Gasteiger partial charge in [0.05, 0.1) is 11.3 Å². The molecule has 0 unspecified atom stereocenters. The van der Waals surface area contributed by atoms with E-state index in [1.807, 2.05) is 31.2 Å². The van der Waals surface area contributed by atoms with Crippen molar-refractivity contribution in [3.8, 4) is 6.07 Å². The van der Waals surface area contributed by atoms with E-state index in [1.54, 1.807) is 6.07 Å². The van der Waals surface area contributed by atoms with E-state index < -0.39 is 5.82 Å². The standard InChI is InChI=1S/C16H15FN2/c1-3-12-6-4-5-11(2)16(12)19-15-8-7-14(17)9-13(15)10-18/h4-9,19H,3H2,1-2H3. The van der Waals surface area contributed by atoms with Crippen LogP contribution in [0.5, 0.6) is 0 Å². The van der Waals surface area contributed by atoms with Crippen LogP contribution in [0.1, 0.15) is 23.6 Å². The number of halogens is 1. The summed E-state index contributed by atoms with van der Waals surface area (Å²) in [6.07, 6.45) is 0.896. The molecular weight excluding hydrogens is 239 g/mol. The number of nitrogens with one attached hydrogen (secondary N) is 1. The van der Waals surface area contributed by atoms with Crippen molar-refractivity contribution in [2.75, 3.05) is 5.32 Å². The average Bonchev–Trinajstić information content (AvgIpc) is 2.42. The highest BCUT2D eigenvalue weighted by Gasteiger charge is 2.08. The number of hydrogen-bond acceptors (Lipinski definition) is 2. The lowest BCUT2D eigenvalue weighted by atomic mass is 10.0. The number of aryl methyl sites for hydroxylation is 2. The molecule has 2 aromatic carbocycles. The predicted molar refractivity (Wildman–Crippen MR) is 75.0 cm³/mol. The van der Waals surface area contributed by atoms with Crippen LogP contribution >= 0.6 is 0 Å². The van der Waals surface area contributed by atoms with Crippen LogP contribution in [0.4, 0.5) is 15.8 Å². The summed E-state index contributed by atoms with van der Waals surface area (Å²) in [7, 11) is 0. The first-order valence-electron chi connectivity index (χ1n) is 6.21. The molecule has 0 heterocycles. The maximum absolute atomic E-state index is 13.1. The molecule has 0 saturated heterocycles. The fourth-order valence-electron chi connectivity index (χ4n) is 2.05. The molecule has 2 aromatic rings. The van der Waals surface area contributed by atoms with Crippen LogP contribution in [0.25, 0.3) is 0 Å². The van der Waals surface area contributed by atoms with E-state index in [0.717, 1.165) is 17.7 Å². The van der Waals surface area contributed by atoms with Gasteiger partial charge in [-0.05, 0) is 42.7 Å². The van der Waals surface area contributed by atoms with Gasteiger partial charge in [0, 0.05) is 5.69 Å². The lowest BCUT2D eigenvalue weighted by Crippen LogP contribution is -2.00. The normalized spacial score (nSPS) is 10.0. The second-order valence-corrected chi connectivity index (χ2v) is 4.39. The fraction of sp³-hybridized carbons (Fsp3) is 0.188. The van der Waals surface area contributed by atoms with E-state index in [4.69, 9.17) is 5.26 Å². The monoisotopic (exact) mass is 254 g/mol. The van der Waals surface area contributed by atoms with E-state index in [9.17, 15) is 4.39 Å². The molecule has 0 fully saturated rings. The highest BCUT2D eigenvalue weighted by atomic mass is 19.1. The van der Waals surface area contributed by atoms with Crippen molar-refractivity contribution in [1.29, 1.82) is 5.26 Å². The third kappa shape index (κ3) is 2.74. The van der Waals surface area contributed by atoms with Crippen molar-refractivity contribution in [3.05, 3.63) is 58.9 Å². The summed E-state index contributed by atoms with van der Waals surface area (Å²) in [5, 5.41) is 12.3. The van der Waals surface area contributed by atoms with Gasteiger partial charge in [0.2, 0.25) is 0 Å². The molecular formula is C16H15FN2. The van der Waals surface area contributed by atoms with Crippen molar-refractivity contribution in [1.82, 2.24) is 0 Å². The van der Waals surface area contributed by atoms with E-state index in [0.29, 0.717) is 11.3 Å². The Kier molecular flexibility index (Phi) is 3.82. The van der Waals surface area contributed by atoms with E-state index in [-0.39, 0.29) is 0 Å². The molecule has 0 atom stereocenters. The second-order valence-electron chi connectivity index (χ2n) is 4.39. The fourth-order valence-corrected chi connectivity index (χ4v) is 2.05. The predicted octanol–water partition coefficient (Wildman–Crippen LogP) is 4.31. The first-order valence-corrected chi connectivity index (χ1v) is 6.21. The number of hydrogen-bond donors (Lipinski definition) is 1. The van der Waals surface area contributed by atoms with Gasteiger partial charge in [-0.3, -0.25) is 0 Å². The maximum Gasteiger partial charge on any atom is 0.124 e. The van der Waals surface area contributed by atoms with Crippen molar-refractivity contribution in [2.24, 2.45) is 0 Å². The van der Waals surface area contributed by atoms with E-state index in [2.05, 4.69) is 12.2 Å². The van der Waals surface area contributed by atoms with Crippen LogP contribution in [-0.2, 0) is 6.42 Å². The molecule has 3 heteroatoms. The molecule has 0 aliphatic rings. The molecule has 0 bridgehead atoms. The number of nitriles is 1. The minimum atomic E-state index is -0.400. The van der Waals surface area contributed by atoms with Gasteiger partial charge in [0.1, 0.15) is 11.9 Å². The zero-order valence-electron chi connectivity index (χ0n) is 11.0. The Hall–Kier alpha value is -2.34. The first kappa shape index (κ1) is 13.1. The van der Waals surface area contributed by atoms with E-state index in [1.165, 1.54) is 17.7 Å². The molecule has 0 radical (unpaired) electrons. The largest absolute Gasteiger partial charge is 0.354 e. The highest BCUT2D eigenvalue weighted by molar-refractivity contribution is 5.71. The van der Waals surface area contributed by atoms with Crippen LogP contribution in [-0.4, -0.2) is 0 Å². The Morgan fingerprint density at radius 3 is 2.74 bits per heavy atom. The zero-order chi connectivity index (χ0) is 13.8. The Labute approximate surface area is 112 Å². The van der Waals surface area contributed by atoms with Gasteiger partial charge in [-0.25, -0.2) is 4.39 Å². The van der Waals surface area contributed by atoms with Gasteiger partial charge in [0.25, 0.3) is 0 Å². The van der Waals surface area contributed by atoms with Crippen molar-refractivity contribution in [2.45, 2.75) is 20.3 Å². The summed E-state index contributed by atoms with van der Waals surface area (Å²) in [6.45, 7) is 4.09. The van der Waals surface area contributed by atoms with Gasteiger partial charge >= 0.3 is 0 Å². The molecule has 2 rings (SSSR count). The van der Waals surface area contributed by atoms with Crippen molar-refractivity contribution in [3.63, 3.8) is 0 Å². The highest BCUT2D eigenvalue weighted by Crippen LogP contribution is 2.27. The average molecular weight is 254 g/mol. The summed E-state index contributed by atoms with van der Waals surface area (Å²) in [5.74, 6) is -0.400. The second kappa shape index (κ2) is 5.53. The van der Waals surface area contributed by atoms with Crippen LogP contribution in [0.3, 0.4) is 0 Å². The zero-order valence-corrected chi connectivity index (χ0v) is 11.0. The third-order valence-corrected chi connectivity index (χ3v) is 3.10. The minimum absolute atomic E-state index is 0.310. The number of anilines is 2. The Morgan fingerprint density at radius 1 is 1.26 bits per heavy atom. The maximum atomic E-state index is 13.1. The van der Waals surface area contributed by atoms with Gasteiger partial charge in [-0.15, -0.1) is 0 Å². The molecule has 2 nitrogen and oxygen atoms in total. The number of para-hydroxylation sites is 1. The van der Waals surface area contributed by atoms with Crippen LogP contribution in [0.2, 0.25) is 0 Å². The molecule has 0 aromatic heterocycles. The lowest BCUT2D eigenvalue weighted by molar-refractivity contribution is 0.627. The lowest BCUT2D eigenvalue weighted by Gasteiger charge is -2.15. The number of benzene rings is 2. The molecule has 0 aliphatic carbocycles. The third-order valence-electron chi connectivity index (χ3n) is 3.10. The molecule has 0 amide bonds. The quantitative estimate of drug-likeness (QED) is 0.885. The van der Waals surface area contributed by atoms with Gasteiger partial charge in [-0.1, -0.05) is 25.1 Å². The van der Waals surface area contributed by atoms with Gasteiger partial charge < -0.3 is 5.32 Å². The Balaban J connectivity index is 2.45. The van der Waals surface area contributed by atoms with Crippen LogP contribution in [0, 0.1) is 24.1 Å². The smallest absolute Gasteiger partial charge is 0.124 e. The SMILES string of the molecule is CCc1cccc(C)c1Nc1ccc(F)cc1C#N. The van der Waals surface area contributed by atoms with Gasteiger partial charge in [0.15, 0.2) is 0 Å². The summed E-state index contributed by atoms with van der Waals surface area (Å²) in [4.78, 5) is 0. The van der Waals surface area contributed by atoms with Crippen LogP contribution in [0.15, 0.2) is 36.4 Å². The van der Waals surface area contributed by atoms with Crippen molar-refractivity contribution < 1.29 is 4.39 Å². The Bertz CT molecular complexity index is 642. The Morgan fingerprint density at radius 2 is 2.05 bits per heavy atom. The first-order chi connectivity index (χ1) is 9.15. The number of rotatable bonds is 3. The minimum Gasteiger partial charge on any atom is -0.354 e.